The van der Waals surface area contributed by atoms with E-state index in [1.165, 1.54) is 6.20 Å². The minimum atomic E-state index is -0.0951. The average Bonchev–Trinajstić information content (AvgIpc) is 3.00. The Bertz CT molecular complexity index is 718. The number of hydrogen-bond acceptors (Lipinski definition) is 3. The number of hydrogen-bond donors (Lipinski definition) is 1. The topological polar surface area (TPSA) is 64.2 Å². The van der Waals surface area contributed by atoms with E-state index < -0.39 is 0 Å². The van der Waals surface area contributed by atoms with Crippen molar-refractivity contribution in [3.63, 3.8) is 0 Å². The molecule has 0 aliphatic heterocycles. The Hall–Kier alpha value is -1.27. The Morgan fingerprint density at radius 2 is 2.04 bits per heavy atom. The first-order chi connectivity index (χ1) is 11.3. The summed E-state index contributed by atoms with van der Waals surface area (Å²) < 4.78 is 1.57. The van der Waals surface area contributed by atoms with Crippen LogP contribution in [0.5, 0.6) is 0 Å². The smallest absolute Gasteiger partial charge is 0.256 e. The van der Waals surface area contributed by atoms with Crippen molar-refractivity contribution in [1.29, 1.82) is 0 Å². The number of carbonyl (C=O) groups is 1. The van der Waals surface area contributed by atoms with Crippen LogP contribution < -0.4 is 5.73 Å². The van der Waals surface area contributed by atoms with Gasteiger partial charge in [-0.15, -0.1) is 12.4 Å². The van der Waals surface area contributed by atoms with E-state index in [1.54, 1.807) is 41.0 Å². The average molecular weight is 406 g/mol. The monoisotopic (exact) mass is 404 g/mol. The predicted octanol–water partition coefficient (Wildman–Crippen LogP) is 4.05. The molecule has 0 saturated carbocycles. The zero-order chi connectivity index (χ0) is 17.9. The first-order valence-corrected chi connectivity index (χ1v) is 8.56. The maximum Gasteiger partial charge on any atom is 0.256 e. The molecule has 5 nitrogen and oxygen atoms in total. The molecule has 1 unspecified atom stereocenters. The third kappa shape index (κ3) is 5.61. The molecule has 2 rings (SSSR count). The molecule has 1 aromatic carbocycles. The van der Waals surface area contributed by atoms with Gasteiger partial charge in [0.15, 0.2) is 0 Å². The fourth-order valence-electron chi connectivity index (χ4n) is 2.23. The van der Waals surface area contributed by atoms with Gasteiger partial charge in [0.05, 0.1) is 22.5 Å². The van der Waals surface area contributed by atoms with Gasteiger partial charge in [-0.3, -0.25) is 4.79 Å². The third-order valence-corrected chi connectivity index (χ3v) is 4.52. The molecule has 0 saturated heterocycles. The minimum Gasteiger partial charge on any atom is -0.342 e. The summed E-state index contributed by atoms with van der Waals surface area (Å²) in [5.74, 6) is 0.297. The van der Waals surface area contributed by atoms with E-state index in [2.05, 4.69) is 18.9 Å². The van der Waals surface area contributed by atoms with Gasteiger partial charge in [0, 0.05) is 30.9 Å². The van der Waals surface area contributed by atoms with Crippen LogP contribution in [0.15, 0.2) is 30.6 Å². The van der Waals surface area contributed by atoms with Crippen molar-refractivity contribution in [3.8, 4) is 5.69 Å². The molecule has 0 aliphatic rings. The maximum atomic E-state index is 12.5. The van der Waals surface area contributed by atoms with Crippen LogP contribution in [0, 0.1) is 5.92 Å². The highest BCUT2D eigenvalue weighted by molar-refractivity contribution is 6.35. The van der Waals surface area contributed by atoms with Crippen LogP contribution in [0.2, 0.25) is 10.0 Å². The van der Waals surface area contributed by atoms with Crippen molar-refractivity contribution in [2.75, 3.05) is 13.6 Å². The van der Waals surface area contributed by atoms with E-state index in [4.69, 9.17) is 28.9 Å². The lowest BCUT2D eigenvalue weighted by molar-refractivity contribution is 0.0789. The van der Waals surface area contributed by atoms with Crippen LogP contribution in [0.1, 0.15) is 30.6 Å². The fourth-order valence-corrected chi connectivity index (χ4v) is 2.73. The summed E-state index contributed by atoms with van der Waals surface area (Å²) >= 11 is 12.1. The Kier molecular flexibility index (Phi) is 8.22. The number of nitrogens with two attached hydrogens (primary N) is 1. The van der Waals surface area contributed by atoms with Gasteiger partial charge in [0.1, 0.15) is 0 Å². The summed E-state index contributed by atoms with van der Waals surface area (Å²) in [7, 11) is 1.77. The van der Waals surface area contributed by atoms with Crippen molar-refractivity contribution in [3.05, 3.63) is 46.2 Å². The van der Waals surface area contributed by atoms with E-state index in [0.717, 1.165) is 6.42 Å². The predicted molar refractivity (Wildman–Crippen MR) is 105 cm³/mol. The van der Waals surface area contributed by atoms with Crippen molar-refractivity contribution >= 4 is 41.5 Å². The summed E-state index contributed by atoms with van der Waals surface area (Å²) in [6.07, 6.45) is 3.96. The molecule has 1 atom stereocenters. The molecule has 2 aromatic rings. The lowest BCUT2D eigenvalue weighted by Crippen LogP contribution is -2.34. The zero-order valence-electron chi connectivity index (χ0n) is 14.4. The Morgan fingerprint density at radius 3 is 2.64 bits per heavy atom. The van der Waals surface area contributed by atoms with Gasteiger partial charge in [-0.05, 0) is 30.5 Å². The highest BCUT2D eigenvalue weighted by atomic mass is 35.5. The molecule has 0 spiro atoms. The van der Waals surface area contributed by atoms with Crippen LogP contribution in [-0.4, -0.2) is 40.2 Å². The Morgan fingerprint density at radius 1 is 1.36 bits per heavy atom. The highest BCUT2D eigenvalue weighted by Crippen LogP contribution is 2.24. The summed E-state index contributed by atoms with van der Waals surface area (Å²) in [6.45, 7) is 4.75. The molecule has 0 radical (unpaired) electrons. The van der Waals surface area contributed by atoms with E-state index in [9.17, 15) is 4.79 Å². The van der Waals surface area contributed by atoms with Gasteiger partial charge < -0.3 is 10.6 Å². The fraction of sp³-hybridized carbons (Fsp3) is 0.412. The van der Waals surface area contributed by atoms with E-state index in [1.807, 2.05) is 0 Å². The summed E-state index contributed by atoms with van der Waals surface area (Å²) in [5, 5.41) is 5.24. The minimum absolute atomic E-state index is 0. The number of benzene rings is 1. The molecule has 8 heteroatoms. The SMILES string of the molecule is CC(C)C(N)CCN(C)C(=O)c1cnn(-c2ccc(Cl)cc2Cl)c1.Cl. The van der Waals surface area contributed by atoms with Gasteiger partial charge in [0.2, 0.25) is 0 Å². The van der Waals surface area contributed by atoms with Crippen molar-refractivity contribution in [1.82, 2.24) is 14.7 Å². The zero-order valence-corrected chi connectivity index (χ0v) is 16.8. The second-order valence-corrected chi connectivity index (χ2v) is 7.04. The quantitative estimate of drug-likeness (QED) is 0.788. The standard InChI is InChI=1S/C17H22Cl2N4O.ClH/c1-11(2)15(20)6-7-22(3)17(24)12-9-21-23(10-12)16-5-4-13(18)8-14(16)19;/h4-5,8-11,15H,6-7,20H2,1-3H3;1H. The van der Waals surface area contributed by atoms with E-state index in [0.29, 0.717) is 33.8 Å². The number of aromatic nitrogens is 2. The molecule has 2 N–H and O–H groups in total. The lowest BCUT2D eigenvalue weighted by atomic mass is 10.0. The first-order valence-electron chi connectivity index (χ1n) is 7.80. The van der Waals surface area contributed by atoms with E-state index in [-0.39, 0.29) is 24.4 Å². The number of nitrogens with zero attached hydrogens (tertiary/aromatic N) is 3. The van der Waals surface area contributed by atoms with Crippen LogP contribution in [-0.2, 0) is 0 Å². The molecule has 1 heterocycles. The molecule has 1 aromatic heterocycles. The lowest BCUT2D eigenvalue weighted by Gasteiger charge is -2.21. The molecular weight excluding hydrogens is 383 g/mol. The summed E-state index contributed by atoms with van der Waals surface area (Å²) in [6, 6.07) is 5.21. The molecular formula is C17H23Cl3N4O. The normalized spacial score (nSPS) is 12.0. The number of amides is 1. The van der Waals surface area contributed by atoms with Crippen molar-refractivity contribution in [2.24, 2.45) is 11.7 Å². The van der Waals surface area contributed by atoms with E-state index >= 15 is 0 Å². The van der Waals surface area contributed by atoms with Gasteiger partial charge in [0.25, 0.3) is 5.91 Å². The summed E-state index contributed by atoms with van der Waals surface area (Å²) in [4.78, 5) is 14.1. The summed E-state index contributed by atoms with van der Waals surface area (Å²) in [5.41, 5.74) is 7.21. The van der Waals surface area contributed by atoms with Gasteiger partial charge in [-0.2, -0.15) is 5.10 Å². The molecule has 138 valence electrons. The first kappa shape index (κ1) is 21.8. The number of rotatable bonds is 6. The largest absolute Gasteiger partial charge is 0.342 e. The highest BCUT2D eigenvalue weighted by Gasteiger charge is 2.17. The third-order valence-electron chi connectivity index (χ3n) is 3.99. The number of halogens is 3. The second-order valence-electron chi connectivity index (χ2n) is 6.19. The molecule has 0 aliphatic carbocycles. The van der Waals surface area contributed by atoms with Crippen LogP contribution in [0.3, 0.4) is 0 Å². The Labute approximate surface area is 164 Å². The second kappa shape index (κ2) is 9.43. The maximum absolute atomic E-state index is 12.5. The van der Waals surface area contributed by atoms with Crippen LogP contribution in [0.25, 0.3) is 5.69 Å². The van der Waals surface area contributed by atoms with Crippen LogP contribution >= 0.6 is 35.6 Å². The number of carbonyl (C=O) groups excluding carboxylic acids is 1. The van der Waals surface area contributed by atoms with Gasteiger partial charge in [-0.1, -0.05) is 37.0 Å². The van der Waals surface area contributed by atoms with Crippen LogP contribution in [0.4, 0.5) is 0 Å². The molecule has 25 heavy (non-hydrogen) atoms. The van der Waals surface area contributed by atoms with Gasteiger partial charge >= 0.3 is 0 Å². The molecule has 1 amide bonds. The molecule has 0 fully saturated rings. The van der Waals surface area contributed by atoms with Crippen molar-refractivity contribution in [2.45, 2.75) is 26.3 Å². The van der Waals surface area contributed by atoms with Gasteiger partial charge in [-0.25, -0.2) is 4.68 Å². The Balaban J connectivity index is 0.00000312. The molecule has 0 bridgehead atoms. The van der Waals surface area contributed by atoms with Crippen molar-refractivity contribution < 1.29 is 4.79 Å².